The second kappa shape index (κ2) is 13.2. The number of ether oxygens (including phenoxy) is 4. The Labute approximate surface area is 261 Å². The molecule has 3 aromatic rings. The highest BCUT2D eigenvalue weighted by Crippen LogP contribution is 2.48. The molecule has 0 heterocycles. The summed E-state index contributed by atoms with van der Waals surface area (Å²) in [6.07, 6.45) is 0. The maximum absolute atomic E-state index is 12.2. The van der Waals surface area contributed by atoms with Crippen LogP contribution in [0.15, 0.2) is 36.4 Å². The molecule has 0 saturated carbocycles. The Hall–Kier alpha value is -2.59. The van der Waals surface area contributed by atoms with E-state index in [0.29, 0.717) is 5.75 Å². The topological polar surface area (TPSA) is 57.2 Å². The fourth-order valence-electron chi connectivity index (χ4n) is 5.38. The van der Waals surface area contributed by atoms with Gasteiger partial charge in [0.15, 0.2) is 13.6 Å². The molecule has 0 radical (unpaired) electrons. The van der Waals surface area contributed by atoms with Crippen molar-refractivity contribution in [2.45, 2.75) is 99.3 Å². The summed E-state index contributed by atoms with van der Waals surface area (Å²) in [5.41, 5.74) is 5.80. The molecule has 6 heteroatoms. The summed E-state index contributed by atoms with van der Waals surface area (Å²) in [5, 5.41) is 15.1. The van der Waals surface area contributed by atoms with Gasteiger partial charge in [0.05, 0.1) is 0 Å². The van der Waals surface area contributed by atoms with Gasteiger partial charge in [0.25, 0.3) is 0 Å². The van der Waals surface area contributed by atoms with Gasteiger partial charge in [0.2, 0.25) is 0 Å². The molecule has 0 unspecified atom stereocenters. The van der Waals surface area contributed by atoms with Crippen LogP contribution >= 0.6 is 7.92 Å². The second-order valence-corrected chi connectivity index (χ2v) is 16.8. The minimum atomic E-state index is -1.39. The Morgan fingerprint density at radius 2 is 0.860 bits per heavy atom. The van der Waals surface area contributed by atoms with E-state index in [1.807, 2.05) is 0 Å². The highest BCUT2D eigenvalue weighted by molar-refractivity contribution is 7.80. The highest BCUT2D eigenvalue weighted by Gasteiger charge is 2.35. The van der Waals surface area contributed by atoms with E-state index in [1.165, 1.54) is 0 Å². The van der Waals surface area contributed by atoms with Gasteiger partial charge in [0, 0.05) is 46.8 Å². The summed E-state index contributed by atoms with van der Waals surface area (Å²) in [4.78, 5) is 0. The first-order valence-corrected chi connectivity index (χ1v) is 16.3. The van der Waals surface area contributed by atoms with Crippen LogP contribution in [0.1, 0.15) is 95.7 Å². The largest absolute Gasteiger partial charge is 0.507 e. The van der Waals surface area contributed by atoms with Crippen LogP contribution in [0.3, 0.4) is 0 Å². The molecular formula is C37H53O5P. The zero-order chi connectivity index (χ0) is 32.5. The monoisotopic (exact) mass is 608 g/mol. The van der Waals surface area contributed by atoms with E-state index in [0.717, 1.165) is 60.8 Å². The van der Waals surface area contributed by atoms with Crippen molar-refractivity contribution in [3.8, 4) is 17.2 Å². The van der Waals surface area contributed by atoms with Gasteiger partial charge in [-0.3, -0.25) is 0 Å². The number of phenolic OH excluding ortho intramolecular Hbond substituents is 1. The summed E-state index contributed by atoms with van der Waals surface area (Å²) < 4.78 is 23.9. The van der Waals surface area contributed by atoms with Crippen LogP contribution in [0.25, 0.3) is 0 Å². The van der Waals surface area contributed by atoms with Crippen molar-refractivity contribution in [1.82, 2.24) is 0 Å². The fourth-order valence-corrected chi connectivity index (χ4v) is 8.27. The number of aromatic hydroxyl groups is 1. The van der Waals surface area contributed by atoms with Gasteiger partial charge in [-0.1, -0.05) is 80.5 Å². The zero-order valence-corrected chi connectivity index (χ0v) is 29.8. The molecule has 43 heavy (non-hydrogen) atoms. The predicted molar refractivity (Wildman–Crippen MR) is 182 cm³/mol. The first kappa shape index (κ1) is 34.9. The zero-order valence-electron chi connectivity index (χ0n) is 28.9. The predicted octanol–water partition coefficient (Wildman–Crippen LogP) is 7.93. The molecule has 0 bridgehead atoms. The third-order valence-corrected chi connectivity index (χ3v) is 9.90. The number of rotatable bonds is 9. The minimum absolute atomic E-state index is 0.115. The lowest BCUT2D eigenvalue weighted by molar-refractivity contribution is 0.0506. The van der Waals surface area contributed by atoms with Gasteiger partial charge in [-0.2, -0.15) is 0 Å². The second-order valence-electron chi connectivity index (χ2n) is 14.7. The quantitative estimate of drug-likeness (QED) is 0.198. The molecule has 3 rings (SSSR count). The molecule has 0 fully saturated rings. The minimum Gasteiger partial charge on any atom is -0.507 e. The number of benzene rings is 3. The molecule has 236 valence electrons. The first-order valence-electron chi connectivity index (χ1n) is 15.0. The number of phenols is 1. The summed E-state index contributed by atoms with van der Waals surface area (Å²) in [6.45, 7) is 26.2. The van der Waals surface area contributed by atoms with Crippen molar-refractivity contribution < 1.29 is 24.1 Å². The van der Waals surface area contributed by atoms with Gasteiger partial charge in [-0.15, -0.1) is 0 Å². The van der Waals surface area contributed by atoms with Crippen molar-refractivity contribution in [3.63, 3.8) is 0 Å². The molecule has 0 aliphatic heterocycles. The first-order chi connectivity index (χ1) is 19.8. The lowest BCUT2D eigenvalue weighted by Crippen LogP contribution is -2.30. The number of hydrogen-bond acceptors (Lipinski definition) is 5. The molecule has 0 saturated heterocycles. The normalized spacial score (nSPS) is 12.6. The maximum atomic E-state index is 12.2. The summed E-state index contributed by atoms with van der Waals surface area (Å²) in [7, 11) is 1.89. The Bertz CT molecular complexity index is 1360. The van der Waals surface area contributed by atoms with E-state index >= 15 is 0 Å². The van der Waals surface area contributed by atoms with E-state index in [2.05, 4.69) is 119 Å². The van der Waals surface area contributed by atoms with Crippen LogP contribution in [-0.2, 0) is 25.7 Å². The summed E-state index contributed by atoms with van der Waals surface area (Å²) >= 11 is 0. The Balaban J connectivity index is 2.65. The average molecular weight is 609 g/mol. The van der Waals surface area contributed by atoms with Crippen LogP contribution in [-0.4, -0.2) is 32.9 Å². The van der Waals surface area contributed by atoms with E-state index < -0.39 is 7.92 Å². The number of aryl methyl sites for hydroxylation is 3. The fraction of sp³-hybridized carbons (Fsp3) is 0.514. The SMILES string of the molecule is COCOc1c(P(c2cc(C)cc(C(C)(C)C)c2O)c2cc(C)cc(C(C)(C)C)c2OCOC)cc(C)cc1C(C)(C)C. The lowest BCUT2D eigenvalue weighted by atomic mass is 9.85. The molecule has 0 aliphatic rings. The van der Waals surface area contributed by atoms with Crippen molar-refractivity contribution in [1.29, 1.82) is 0 Å². The lowest BCUT2D eigenvalue weighted by Gasteiger charge is -2.33. The molecule has 3 aromatic carbocycles. The van der Waals surface area contributed by atoms with Crippen LogP contribution in [0, 0.1) is 20.8 Å². The van der Waals surface area contributed by atoms with Crippen molar-refractivity contribution >= 4 is 23.8 Å². The Morgan fingerprint density at radius 3 is 1.19 bits per heavy atom. The van der Waals surface area contributed by atoms with Crippen LogP contribution < -0.4 is 25.4 Å². The van der Waals surface area contributed by atoms with Crippen LogP contribution in [0.4, 0.5) is 0 Å². The van der Waals surface area contributed by atoms with Gasteiger partial charge in [0.1, 0.15) is 17.2 Å². The molecule has 0 aliphatic carbocycles. The third-order valence-electron chi connectivity index (χ3n) is 7.45. The van der Waals surface area contributed by atoms with Crippen molar-refractivity contribution in [3.05, 3.63) is 69.8 Å². The number of hydrogen-bond donors (Lipinski definition) is 1. The average Bonchev–Trinajstić information content (AvgIpc) is 2.87. The van der Waals surface area contributed by atoms with E-state index in [1.54, 1.807) is 14.2 Å². The molecule has 5 nitrogen and oxygen atoms in total. The van der Waals surface area contributed by atoms with Crippen LogP contribution in [0.2, 0.25) is 0 Å². The maximum Gasteiger partial charge on any atom is 0.188 e. The summed E-state index contributed by atoms with van der Waals surface area (Å²) in [6, 6.07) is 13.1. The van der Waals surface area contributed by atoms with E-state index in [-0.39, 0.29) is 29.8 Å². The van der Waals surface area contributed by atoms with Gasteiger partial charge in [-0.05, 0) is 79.8 Å². The van der Waals surface area contributed by atoms with Gasteiger partial charge in [-0.25, -0.2) is 0 Å². The third kappa shape index (κ3) is 7.93. The van der Waals surface area contributed by atoms with Crippen molar-refractivity contribution in [2.24, 2.45) is 0 Å². The molecule has 0 aromatic heterocycles. The summed E-state index contributed by atoms with van der Waals surface area (Å²) in [5.74, 6) is 1.90. The molecule has 0 spiro atoms. The molecular weight excluding hydrogens is 555 g/mol. The van der Waals surface area contributed by atoms with Crippen molar-refractivity contribution in [2.75, 3.05) is 27.8 Å². The Morgan fingerprint density at radius 1 is 0.535 bits per heavy atom. The Kier molecular flexibility index (Phi) is 10.7. The van der Waals surface area contributed by atoms with E-state index in [9.17, 15) is 5.11 Å². The molecule has 0 amide bonds. The molecule has 0 atom stereocenters. The number of methoxy groups -OCH3 is 2. The van der Waals surface area contributed by atoms with Gasteiger partial charge < -0.3 is 24.1 Å². The smallest absolute Gasteiger partial charge is 0.188 e. The molecule has 1 N–H and O–H groups in total. The van der Waals surface area contributed by atoms with Gasteiger partial charge >= 0.3 is 0 Å². The highest BCUT2D eigenvalue weighted by atomic mass is 31.1. The standard InChI is InChI=1S/C37H53O5P/c1-23-15-26(35(4,5)6)32(38)29(18-23)43(30-19-24(2)16-27(36(7,8)9)33(30)41-21-39-13)31-20-25(3)17-28(37(10,11)12)34(31)42-22-40-14/h15-20,38H,21-22H2,1-14H3. The van der Waals surface area contributed by atoms with Crippen LogP contribution in [0.5, 0.6) is 17.2 Å². The van der Waals surface area contributed by atoms with E-state index in [4.69, 9.17) is 18.9 Å².